The van der Waals surface area contributed by atoms with Crippen LogP contribution in [0.15, 0.2) is 51.7 Å². The van der Waals surface area contributed by atoms with Crippen LogP contribution in [0.25, 0.3) is 22.3 Å². The fourth-order valence-electron chi connectivity index (χ4n) is 2.44. The highest BCUT2D eigenvalue weighted by molar-refractivity contribution is 5.92. The van der Waals surface area contributed by atoms with Crippen LogP contribution in [-0.2, 0) is 4.74 Å². The number of benzene rings is 2. The standard InChI is InChI=1S/C18H15NO6/c1-2-24-18(23)19-13-6-4-3-5-11(13)16-9-14(21)12-7-10(20)8-15(22)17(12)25-16/h3-9,20,22H,2H2,1H3,(H,19,23). The molecule has 0 fully saturated rings. The maximum atomic E-state index is 12.3. The minimum absolute atomic E-state index is 0.0498. The molecule has 7 heteroatoms. The smallest absolute Gasteiger partial charge is 0.411 e. The van der Waals surface area contributed by atoms with Crippen LogP contribution < -0.4 is 10.7 Å². The molecule has 0 atom stereocenters. The number of rotatable bonds is 3. The molecule has 0 spiro atoms. The van der Waals surface area contributed by atoms with E-state index in [0.717, 1.165) is 6.07 Å². The predicted octanol–water partition coefficient (Wildman–Crippen LogP) is 3.44. The van der Waals surface area contributed by atoms with Gasteiger partial charge in [-0.25, -0.2) is 4.79 Å². The summed E-state index contributed by atoms with van der Waals surface area (Å²) in [4.78, 5) is 24.0. The minimum Gasteiger partial charge on any atom is -0.508 e. The molecule has 0 aliphatic heterocycles. The molecule has 128 valence electrons. The normalized spacial score (nSPS) is 10.6. The van der Waals surface area contributed by atoms with Crippen LogP contribution in [0.4, 0.5) is 10.5 Å². The Hall–Kier alpha value is -3.48. The number of aromatic hydroxyl groups is 2. The summed E-state index contributed by atoms with van der Waals surface area (Å²) in [5.74, 6) is -0.440. The van der Waals surface area contributed by atoms with Gasteiger partial charge in [-0.2, -0.15) is 0 Å². The molecule has 0 bridgehead atoms. The monoisotopic (exact) mass is 341 g/mol. The van der Waals surface area contributed by atoms with Crippen molar-refractivity contribution in [3.63, 3.8) is 0 Å². The molecule has 0 aliphatic carbocycles. The van der Waals surface area contributed by atoms with Crippen LogP contribution in [0.1, 0.15) is 6.92 Å². The van der Waals surface area contributed by atoms with E-state index in [4.69, 9.17) is 9.15 Å². The molecule has 25 heavy (non-hydrogen) atoms. The third kappa shape index (κ3) is 3.25. The average Bonchev–Trinajstić information content (AvgIpc) is 2.56. The highest BCUT2D eigenvalue weighted by Crippen LogP contribution is 2.33. The summed E-state index contributed by atoms with van der Waals surface area (Å²) in [5.41, 5.74) is 0.350. The summed E-state index contributed by atoms with van der Waals surface area (Å²) in [6, 6.07) is 10.2. The SMILES string of the molecule is CCOC(=O)Nc1ccccc1-c1cc(=O)c2cc(O)cc(O)c2o1. The van der Waals surface area contributed by atoms with Crippen LogP contribution in [-0.4, -0.2) is 22.9 Å². The number of fused-ring (bicyclic) bond motifs is 1. The van der Waals surface area contributed by atoms with Crippen molar-refractivity contribution >= 4 is 22.7 Å². The second kappa shape index (κ2) is 6.56. The first kappa shape index (κ1) is 16.4. The van der Waals surface area contributed by atoms with Gasteiger partial charge in [0, 0.05) is 17.7 Å². The number of carbonyl (C=O) groups is 1. The van der Waals surface area contributed by atoms with Gasteiger partial charge < -0.3 is 19.4 Å². The minimum atomic E-state index is -0.633. The molecule has 3 N–H and O–H groups in total. The van der Waals surface area contributed by atoms with Crippen molar-refractivity contribution in [2.45, 2.75) is 6.92 Å². The van der Waals surface area contributed by atoms with Crippen LogP contribution >= 0.6 is 0 Å². The summed E-state index contributed by atoms with van der Waals surface area (Å²) < 4.78 is 10.5. The van der Waals surface area contributed by atoms with E-state index in [9.17, 15) is 19.8 Å². The van der Waals surface area contributed by atoms with Gasteiger partial charge in [0.1, 0.15) is 11.5 Å². The average molecular weight is 341 g/mol. The van der Waals surface area contributed by atoms with Gasteiger partial charge in [-0.3, -0.25) is 10.1 Å². The Labute approximate surface area is 142 Å². The Balaban J connectivity index is 2.14. The topological polar surface area (TPSA) is 109 Å². The third-order valence-corrected chi connectivity index (χ3v) is 3.50. The van der Waals surface area contributed by atoms with E-state index in [2.05, 4.69) is 5.32 Å². The van der Waals surface area contributed by atoms with Gasteiger partial charge in [0.2, 0.25) is 0 Å². The molecule has 0 aliphatic rings. The number of anilines is 1. The molecule has 0 unspecified atom stereocenters. The predicted molar refractivity (Wildman–Crippen MR) is 91.9 cm³/mol. The van der Waals surface area contributed by atoms with Gasteiger partial charge in [0.05, 0.1) is 17.7 Å². The quantitative estimate of drug-likeness (QED) is 0.673. The molecular weight excluding hydrogens is 326 g/mol. The number of nitrogens with one attached hydrogen (secondary N) is 1. The molecule has 0 saturated heterocycles. The summed E-state index contributed by atoms with van der Waals surface area (Å²) in [7, 11) is 0. The third-order valence-electron chi connectivity index (χ3n) is 3.50. The molecular formula is C18H15NO6. The molecule has 3 rings (SSSR count). The number of para-hydroxylation sites is 1. The van der Waals surface area contributed by atoms with Crippen LogP contribution in [0.2, 0.25) is 0 Å². The van der Waals surface area contributed by atoms with E-state index in [0.29, 0.717) is 11.3 Å². The van der Waals surface area contributed by atoms with E-state index in [1.165, 1.54) is 12.1 Å². The van der Waals surface area contributed by atoms with Crippen molar-refractivity contribution in [2.75, 3.05) is 11.9 Å². The van der Waals surface area contributed by atoms with Crippen molar-refractivity contribution in [3.05, 3.63) is 52.7 Å². The zero-order valence-corrected chi connectivity index (χ0v) is 13.3. The number of phenols is 2. The lowest BCUT2D eigenvalue weighted by atomic mass is 10.1. The highest BCUT2D eigenvalue weighted by atomic mass is 16.5. The Morgan fingerprint density at radius 1 is 1.20 bits per heavy atom. The number of phenolic OH excluding ortho intramolecular Hbond substituents is 2. The van der Waals surface area contributed by atoms with E-state index in [-0.39, 0.29) is 34.8 Å². The summed E-state index contributed by atoms with van der Waals surface area (Å²) in [6.45, 7) is 1.91. The van der Waals surface area contributed by atoms with Gasteiger partial charge in [0.15, 0.2) is 16.8 Å². The van der Waals surface area contributed by atoms with E-state index < -0.39 is 11.5 Å². The molecule has 3 aromatic rings. The van der Waals surface area contributed by atoms with E-state index in [1.54, 1.807) is 31.2 Å². The van der Waals surface area contributed by atoms with Crippen molar-refractivity contribution in [1.29, 1.82) is 0 Å². The second-order valence-corrected chi connectivity index (χ2v) is 5.21. The highest BCUT2D eigenvalue weighted by Gasteiger charge is 2.15. The molecule has 1 aromatic heterocycles. The summed E-state index contributed by atoms with van der Waals surface area (Å²) in [5, 5.41) is 22.1. The fraction of sp³-hybridized carbons (Fsp3) is 0.111. The molecule has 0 saturated carbocycles. The zero-order valence-electron chi connectivity index (χ0n) is 13.3. The summed E-state index contributed by atoms with van der Waals surface area (Å²) in [6.07, 6.45) is -0.633. The number of hydrogen-bond acceptors (Lipinski definition) is 6. The fourth-order valence-corrected chi connectivity index (χ4v) is 2.44. The first-order chi connectivity index (χ1) is 12.0. The number of hydrogen-bond donors (Lipinski definition) is 3. The van der Waals surface area contributed by atoms with Crippen LogP contribution in [0, 0.1) is 0 Å². The van der Waals surface area contributed by atoms with Gasteiger partial charge in [-0.1, -0.05) is 12.1 Å². The van der Waals surface area contributed by atoms with E-state index >= 15 is 0 Å². The van der Waals surface area contributed by atoms with Crippen molar-refractivity contribution < 1.29 is 24.2 Å². The van der Waals surface area contributed by atoms with Gasteiger partial charge in [0.25, 0.3) is 0 Å². The van der Waals surface area contributed by atoms with Crippen LogP contribution in [0.3, 0.4) is 0 Å². The number of amides is 1. The van der Waals surface area contributed by atoms with Gasteiger partial charge in [-0.15, -0.1) is 0 Å². The zero-order chi connectivity index (χ0) is 18.0. The molecule has 2 aromatic carbocycles. The van der Waals surface area contributed by atoms with Crippen molar-refractivity contribution in [2.24, 2.45) is 0 Å². The Bertz CT molecular complexity index is 1010. The second-order valence-electron chi connectivity index (χ2n) is 5.21. The molecule has 0 radical (unpaired) electrons. The Morgan fingerprint density at radius 3 is 2.72 bits per heavy atom. The van der Waals surface area contributed by atoms with E-state index in [1.807, 2.05) is 0 Å². The Morgan fingerprint density at radius 2 is 1.96 bits per heavy atom. The first-order valence-corrected chi connectivity index (χ1v) is 7.52. The lowest BCUT2D eigenvalue weighted by molar-refractivity contribution is 0.168. The number of ether oxygens (including phenoxy) is 1. The molecule has 1 heterocycles. The van der Waals surface area contributed by atoms with Gasteiger partial charge in [-0.05, 0) is 25.1 Å². The first-order valence-electron chi connectivity index (χ1n) is 7.52. The maximum Gasteiger partial charge on any atom is 0.411 e. The van der Waals surface area contributed by atoms with Gasteiger partial charge >= 0.3 is 6.09 Å². The number of carbonyl (C=O) groups excluding carboxylic acids is 1. The van der Waals surface area contributed by atoms with Crippen molar-refractivity contribution in [1.82, 2.24) is 0 Å². The lowest BCUT2D eigenvalue weighted by Gasteiger charge is -2.11. The lowest BCUT2D eigenvalue weighted by Crippen LogP contribution is -2.14. The van der Waals surface area contributed by atoms with Crippen molar-refractivity contribution in [3.8, 4) is 22.8 Å². The maximum absolute atomic E-state index is 12.3. The Kier molecular flexibility index (Phi) is 4.30. The summed E-state index contributed by atoms with van der Waals surface area (Å²) >= 11 is 0. The molecule has 1 amide bonds. The largest absolute Gasteiger partial charge is 0.508 e. The molecule has 7 nitrogen and oxygen atoms in total. The van der Waals surface area contributed by atoms with Crippen LogP contribution in [0.5, 0.6) is 11.5 Å².